The van der Waals surface area contributed by atoms with Gasteiger partial charge in [-0.2, -0.15) is 15.2 Å². The molecule has 12 heteroatoms. The number of carbonyl (C=O) groups excluding carboxylic acids is 1. The fourth-order valence-corrected chi connectivity index (χ4v) is 4.40. The molecule has 11 nitrogen and oxygen atoms in total. The molecule has 4 aromatic rings. The smallest absolute Gasteiger partial charge is 0.410 e. The first-order valence-electron chi connectivity index (χ1n) is 12.5. The molecule has 1 fully saturated rings. The third kappa shape index (κ3) is 6.25. The van der Waals surface area contributed by atoms with Gasteiger partial charge in [0.25, 0.3) is 0 Å². The molecule has 1 saturated heterocycles. The van der Waals surface area contributed by atoms with Gasteiger partial charge in [0.15, 0.2) is 5.65 Å². The SMILES string of the molecule is Cn1cc(Nc2ncc3cnn(Cc4cc(F)cc(CN5CCN(C(=O)OC(C)(C)C)CC5)c4)c3n2)cn1. The molecule has 0 saturated carbocycles. The quantitative estimate of drug-likeness (QED) is 0.411. The van der Waals surface area contributed by atoms with Crippen molar-refractivity contribution in [2.24, 2.45) is 7.05 Å². The Morgan fingerprint density at radius 2 is 1.76 bits per heavy atom. The molecule has 0 spiro atoms. The molecule has 1 N–H and O–H groups in total. The van der Waals surface area contributed by atoms with Gasteiger partial charge in [-0.1, -0.05) is 6.07 Å². The van der Waals surface area contributed by atoms with Gasteiger partial charge in [-0.15, -0.1) is 0 Å². The van der Waals surface area contributed by atoms with Crippen LogP contribution in [0.2, 0.25) is 0 Å². The number of aryl methyl sites for hydroxylation is 1. The lowest BCUT2D eigenvalue weighted by atomic mass is 10.1. The highest BCUT2D eigenvalue weighted by atomic mass is 19.1. The van der Waals surface area contributed by atoms with Crippen LogP contribution >= 0.6 is 0 Å². The van der Waals surface area contributed by atoms with Crippen LogP contribution in [0.3, 0.4) is 0 Å². The second-order valence-electron chi connectivity index (χ2n) is 10.5. The van der Waals surface area contributed by atoms with Crippen molar-refractivity contribution in [3.8, 4) is 0 Å². The normalized spacial score (nSPS) is 14.7. The predicted octanol–water partition coefficient (Wildman–Crippen LogP) is 3.54. The minimum absolute atomic E-state index is 0.292. The molecule has 4 heterocycles. The molecule has 1 aliphatic rings. The Morgan fingerprint density at radius 1 is 1.03 bits per heavy atom. The number of fused-ring (bicyclic) bond motifs is 1. The Labute approximate surface area is 220 Å². The van der Waals surface area contributed by atoms with Gasteiger partial charge in [0.05, 0.1) is 30.0 Å². The van der Waals surface area contributed by atoms with Crippen LogP contribution in [0, 0.1) is 5.82 Å². The maximum atomic E-state index is 14.6. The Bertz CT molecular complexity index is 1430. The highest BCUT2D eigenvalue weighted by Gasteiger charge is 2.26. The zero-order valence-corrected chi connectivity index (χ0v) is 22.1. The molecule has 0 radical (unpaired) electrons. The maximum absolute atomic E-state index is 14.6. The summed E-state index contributed by atoms with van der Waals surface area (Å²) in [6.07, 6.45) is 6.64. The molecule has 0 bridgehead atoms. The van der Waals surface area contributed by atoms with Gasteiger partial charge in [0, 0.05) is 52.2 Å². The van der Waals surface area contributed by atoms with E-state index in [2.05, 4.69) is 30.4 Å². The van der Waals surface area contributed by atoms with Gasteiger partial charge >= 0.3 is 6.09 Å². The molecular weight excluding hydrogens is 489 g/mol. The first-order valence-corrected chi connectivity index (χ1v) is 12.5. The van der Waals surface area contributed by atoms with Crippen molar-refractivity contribution >= 4 is 28.8 Å². The summed E-state index contributed by atoms with van der Waals surface area (Å²) in [7, 11) is 1.83. The first kappa shape index (κ1) is 25.6. The number of aromatic nitrogens is 6. The van der Waals surface area contributed by atoms with Crippen molar-refractivity contribution in [3.63, 3.8) is 0 Å². The van der Waals surface area contributed by atoms with Crippen LogP contribution in [0.5, 0.6) is 0 Å². The number of nitrogens with one attached hydrogen (secondary N) is 1. The fourth-order valence-electron chi connectivity index (χ4n) is 4.40. The number of anilines is 2. The number of ether oxygens (including phenoxy) is 1. The molecule has 200 valence electrons. The molecule has 3 aromatic heterocycles. The van der Waals surface area contributed by atoms with E-state index in [9.17, 15) is 9.18 Å². The van der Waals surface area contributed by atoms with Crippen LogP contribution in [0.25, 0.3) is 11.0 Å². The standard InChI is InChI=1S/C26H32FN9O2/c1-26(2,3)38-25(37)35-7-5-34(6-8-35)15-18-9-19(11-21(27)10-18)16-36-23-20(13-30-36)12-28-24(32-23)31-22-14-29-33(4)17-22/h9-14,17H,5-8,15-16H2,1-4H3,(H,28,31,32). The number of rotatable bonds is 6. The Balaban J connectivity index is 1.25. The Hall–Kier alpha value is -4.06. The highest BCUT2D eigenvalue weighted by Crippen LogP contribution is 2.19. The molecule has 1 aromatic carbocycles. The lowest BCUT2D eigenvalue weighted by Gasteiger charge is -2.35. The number of amides is 1. The largest absolute Gasteiger partial charge is 0.444 e. The van der Waals surface area contributed by atoms with Crippen LogP contribution in [-0.2, 0) is 24.9 Å². The second kappa shape index (κ2) is 10.4. The van der Waals surface area contributed by atoms with E-state index in [0.717, 1.165) is 22.2 Å². The lowest BCUT2D eigenvalue weighted by molar-refractivity contribution is 0.0139. The van der Waals surface area contributed by atoms with Crippen molar-refractivity contribution in [2.45, 2.75) is 39.5 Å². The maximum Gasteiger partial charge on any atom is 0.410 e. The molecule has 0 unspecified atom stereocenters. The summed E-state index contributed by atoms with van der Waals surface area (Å²) >= 11 is 0. The van der Waals surface area contributed by atoms with E-state index in [1.54, 1.807) is 38.9 Å². The summed E-state index contributed by atoms with van der Waals surface area (Å²) < 4.78 is 23.5. The van der Waals surface area contributed by atoms with Gasteiger partial charge in [-0.05, 0) is 44.0 Å². The summed E-state index contributed by atoms with van der Waals surface area (Å²) in [5.41, 5.74) is 2.57. The van der Waals surface area contributed by atoms with Gasteiger partial charge < -0.3 is 15.0 Å². The molecule has 0 atom stereocenters. The van der Waals surface area contributed by atoms with Crippen molar-refractivity contribution in [3.05, 3.63) is 59.9 Å². The van der Waals surface area contributed by atoms with Crippen LogP contribution < -0.4 is 5.32 Å². The highest BCUT2D eigenvalue weighted by molar-refractivity contribution is 5.75. The predicted molar refractivity (Wildman–Crippen MR) is 140 cm³/mol. The van der Waals surface area contributed by atoms with Crippen LogP contribution in [0.1, 0.15) is 31.9 Å². The van der Waals surface area contributed by atoms with Crippen molar-refractivity contribution in [2.75, 3.05) is 31.5 Å². The van der Waals surface area contributed by atoms with Crippen molar-refractivity contribution in [1.82, 2.24) is 39.3 Å². The number of benzene rings is 1. The number of nitrogens with zero attached hydrogens (tertiary/aromatic N) is 8. The number of hydrogen-bond donors (Lipinski definition) is 1. The van der Waals surface area contributed by atoms with Gasteiger partial charge in [-0.3, -0.25) is 9.58 Å². The van der Waals surface area contributed by atoms with E-state index in [1.165, 1.54) is 6.07 Å². The molecule has 5 rings (SSSR count). The zero-order chi connectivity index (χ0) is 26.9. The van der Waals surface area contributed by atoms with Gasteiger partial charge in [0.2, 0.25) is 5.95 Å². The summed E-state index contributed by atoms with van der Waals surface area (Å²) in [6.45, 7) is 9.08. The summed E-state index contributed by atoms with van der Waals surface area (Å²) in [5.74, 6) is 0.132. The van der Waals surface area contributed by atoms with E-state index in [1.807, 2.05) is 40.1 Å². The van der Waals surface area contributed by atoms with E-state index in [4.69, 9.17) is 4.74 Å². The van der Waals surface area contributed by atoms with Crippen molar-refractivity contribution < 1.29 is 13.9 Å². The van der Waals surface area contributed by atoms with Crippen LogP contribution in [0.15, 0.2) is 43.0 Å². The molecule has 0 aliphatic carbocycles. The minimum Gasteiger partial charge on any atom is -0.444 e. The number of piperazine rings is 1. The number of halogens is 1. The Kier molecular flexibility index (Phi) is 6.98. The fraction of sp³-hybridized carbons (Fsp3) is 0.423. The van der Waals surface area contributed by atoms with Crippen molar-refractivity contribution in [1.29, 1.82) is 0 Å². The second-order valence-corrected chi connectivity index (χ2v) is 10.5. The average Bonchev–Trinajstić information content (AvgIpc) is 3.43. The third-order valence-electron chi connectivity index (χ3n) is 6.12. The van der Waals surface area contributed by atoms with E-state index >= 15 is 0 Å². The summed E-state index contributed by atoms with van der Waals surface area (Å²) in [6, 6.07) is 5.07. The third-order valence-corrected chi connectivity index (χ3v) is 6.12. The van der Waals surface area contributed by atoms with Gasteiger partial charge in [0.1, 0.15) is 11.4 Å². The van der Waals surface area contributed by atoms with E-state index in [0.29, 0.717) is 50.9 Å². The van der Waals surface area contributed by atoms with E-state index < -0.39 is 5.60 Å². The molecule has 38 heavy (non-hydrogen) atoms. The number of carbonyl (C=O) groups is 1. The topological polar surface area (TPSA) is 106 Å². The molecule has 1 amide bonds. The summed E-state index contributed by atoms with van der Waals surface area (Å²) in [5, 5.41) is 12.5. The molecule has 1 aliphatic heterocycles. The van der Waals surface area contributed by atoms with E-state index in [-0.39, 0.29) is 11.9 Å². The van der Waals surface area contributed by atoms with Crippen LogP contribution in [0.4, 0.5) is 20.8 Å². The van der Waals surface area contributed by atoms with Gasteiger partial charge in [-0.25, -0.2) is 18.9 Å². The minimum atomic E-state index is -0.518. The Morgan fingerprint density at radius 3 is 2.45 bits per heavy atom. The first-order chi connectivity index (χ1) is 18.1. The molecular formula is C26H32FN9O2. The van der Waals surface area contributed by atoms with Crippen LogP contribution in [-0.4, -0.2) is 77.2 Å². The average molecular weight is 522 g/mol. The lowest BCUT2D eigenvalue weighted by Crippen LogP contribution is -2.49. The zero-order valence-electron chi connectivity index (χ0n) is 22.1. The number of hydrogen-bond acceptors (Lipinski definition) is 8. The summed E-state index contributed by atoms with van der Waals surface area (Å²) in [4.78, 5) is 25.2. The monoisotopic (exact) mass is 521 g/mol.